The first-order chi connectivity index (χ1) is 13.0. The van der Waals surface area contributed by atoms with Gasteiger partial charge in [0.05, 0.1) is 24.2 Å². The van der Waals surface area contributed by atoms with Gasteiger partial charge >= 0.3 is 0 Å². The van der Waals surface area contributed by atoms with Crippen LogP contribution in [0.25, 0.3) is 10.9 Å². The van der Waals surface area contributed by atoms with Gasteiger partial charge < -0.3 is 4.74 Å². The molecule has 0 saturated carbocycles. The lowest BCUT2D eigenvalue weighted by atomic mass is 10.1. The number of unbranched alkanes of at least 4 members (excludes halogenated alkanes) is 1. The smallest absolute Gasteiger partial charge is 0.282 e. The number of aromatic nitrogens is 2. The van der Waals surface area contributed by atoms with Gasteiger partial charge in [-0.15, -0.1) is 0 Å². The summed E-state index contributed by atoms with van der Waals surface area (Å²) in [5.74, 6) is 1.50. The molecule has 0 aliphatic carbocycles. The first-order valence-corrected chi connectivity index (χ1v) is 9.73. The summed E-state index contributed by atoms with van der Waals surface area (Å²) in [6.45, 7) is 4.09. The molecule has 0 N–H and O–H groups in total. The van der Waals surface area contributed by atoms with Crippen LogP contribution in [0.3, 0.4) is 0 Å². The summed E-state index contributed by atoms with van der Waals surface area (Å²) < 4.78 is 7.56. The Morgan fingerprint density at radius 2 is 2.07 bits per heavy atom. The minimum atomic E-state index is -0.158. The molecule has 27 heavy (non-hydrogen) atoms. The average molecular weight is 428 g/mol. The van der Waals surface area contributed by atoms with E-state index in [-0.39, 0.29) is 5.56 Å². The van der Waals surface area contributed by atoms with Crippen LogP contribution >= 0.6 is 15.9 Å². The van der Waals surface area contributed by atoms with Crippen LogP contribution in [-0.4, -0.2) is 23.0 Å². The summed E-state index contributed by atoms with van der Waals surface area (Å²) in [4.78, 5) is 17.7. The molecule has 1 aromatic heterocycles. The lowest BCUT2D eigenvalue weighted by molar-refractivity contribution is 0.411. The van der Waals surface area contributed by atoms with Crippen LogP contribution < -0.4 is 10.3 Å². The van der Waals surface area contributed by atoms with Crippen molar-refractivity contribution in [3.05, 3.63) is 68.2 Å². The Morgan fingerprint density at radius 3 is 2.78 bits per heavy atom. The quantitative estimate of drug-likeness (QED) is 0.535. The number of fused-ring (bicyclic) bond motifs is 1. The van der Waals surface area contributed by atoms with Crippen LogP contribution in [0.1, 0.15) is 36.7 Å². The van der Waals surface area contributed by atoms with Crippen molar-refractivity contribution in [3.8, 4) is 5.75 Å². The SMILES string of the molecule is CCCCc1nc2ccc(Br)cc2c(=O)n1N=Cc1ccc(OC)c(C)c1. The predicted molar refractivity (Wildman–Crippen MR) is 113 cm³/mol. The van der Waals surface area contributed by atoms with Crippen molar-refractivity contribution >= 4 is 33.0 Å². The van der Waals surface area contributed by atoms with Crippen LogP contribution in [-0.2, 0) is 6.42 Å². The maximum atomic E-state index is 13.0. The molecule has 0 aliphatic heterocycles. The van der Waals surface area contributed by atoms with Crippen LogP contribution in [0.2, 0.25) is 0 Å². The predicted octanol–water partition coefficient (Wildman–Crippen LogP) is 4.70. The van der Waals surface area contributed by atoms with Gasteiger partial charge in [0, 0.05) is 10.9 Å². The maximum absolute atomic E-state index is 13.0. The van der Waals surface area contributed by atoms with E-state index in [4.69, 9.17) is 4.74 Å². The summed E-state index contributed by atoms with van der Waals surface area (Å²) in [6.07, 6.45) is 4.37. The van der Waals surface area contributed by atoms with E-state index >= 15 is 0 Å². The molecule has 3 rings (SSSR count). The van der Waals surface area contributed by atoms with Crippen molar-refractivity contribution < 1.29 is 4.74 Å². The third-order valence-corrected chi connectivity index (χ3v) is 4.86. The number of ether oxygens (including phenoxy) is 1. The molecule has 2 aromatic carbocycles. The molecule has 140 valence electrons. The number of halogens is 1. The van der Waals surface area contributed by atoms with E-state index < -0.39 is 0 Å². The fraction of sp³-hybridized carbons (Fsp3) is 0.286. The Bertz CT molecular complexity index is 1060. The van der Waals surface area contributed by atoms with Crippen molar-refractivity contribution in [1.29, 1.82) is 0 Å². The number of aryl methyl sites for hydroxylation is 2. The highest BCUT2D eigenvalue weighted by atomic mass is 79.9. The van der Waals surface area contributed by atoms with Crippen LogP contribution in [0.4, 0.5) is 0 Å². The lowest BCUT2D eigenvalue weighted by Crippen LogP contribution is -2.22. The van der Waals surface area contributed by atoms with Crippen molar-refractivity contribution in [2.75, 3.05) is 7.11 Å². The standard InChI is InChI=1S/C21H22BrN3O2/c1-4-5-6-20-24-18-9-8-16(22)12-17(18)21(26)25(20)23-13-15-7-10-19(27-3)14(2)11-15/h7-13H,4-6H2,1-3H3. The number of methoxy groups -OCH3 is 1. The zero-order chi connectivity index (χ0) is 19.4. The minimum Gasteiger partial charge on any atom is -0.496 e. The van der Waals surface area contributed by atoms with E-state index in [2.05, 4.69) is 32.9 Å². The van der Waals surface area contributed by atoms with Gasteiger partial charge in [0.2, 0.25) is 0 Å². The molecule has 0 radical (unpaired) electrons. The second kappa shape index (κ2) is 8.48. The number of rotatable bonds is 6. The largest absolute Gasteiger partial charge is 0.496 e. The molecule has 0 saturated heterocycles. The Labute approximate surface area is 166 Å². The molecule has 0 amide bonds. The molecule has 0 aliphatic rings. The molecular weight excluding hydrogens is 406 g/mol. The summed E-state index contributed by atoms with van der Waals surface area (Å²) in [5, 5.41) is 5.01. The van der Waals surface area contributed by atoms with Gasteiger partial charge in [0.15, 0.2) is 0 Å². The van der Waals surface area contributed by atoms with E-state index in [0.717, 1.165) is 34.2 Å². The zero-order valence-electron chi connectivity index (χ0n) is 15.7. The van der Waals surface area contributed by atoms with Gasteiger partial charge in [-0.25, -0.2) is 4.98 Å². The van der Waals surface area contributed by atoms with Crippen LogP contribution in [0.5, 0.6) is 5.75 Å². The minimum absolute atomic E-state index is 0.158. The summed E-state index contributed by atoms with van der Waals surface area (Å²) in [6, 6.07) is 11.3. The fourth-order valence-electron chi connectivity index (χ4n) is 2.92. The molecular formula is C21H22BrN3O2. The van der Waals surface area contributed by atoms with Gasteiger partial charge in [0.25, 0.3) is 5.56 Å². The van der Waals surface area contributed by atoms with E-state index in [9.17, 15) is 4.79 Å². The molecule has 5 nitrogen and oxygen atoms in total. The van der Waals surface area contributed by atoms with E-state index in [1.165, 1.54) is 4.68 Å². The number of hydrogen-bond acceptors (Lipinski definition) is 4. The number of nitrogens with zero attached hydrogens (tertiary/aromatic N) is 3. The van der Waals surface area contributed by atoms with Gasteiger partial charge in [0.1, 0.15) is 11.6 Å². The maximum Gasteiger partial charge on any atom is 0.282 e. The van der Waals surface area contributed by atoms with Crippen molar-refractivity contribution in [3.63, 3.8) is 0 Å². The van der Waals surface area contributed by atoms with Gasteiger partial charge in [-0.05, 0) is 60.9 Å². The first kappa shape index (κ1) is 19.3. The molecule has 1 heterocycles. The second-order valence-corrected chi connectivity index (χ2v) is 7.30. The van der Waals surface area contributed by atoms with Crippen molar-refractivity contribution in [2.24, 2.45) is 5.10 Å². The zero-order valence-corrected chi connectivity index (χ0v) is 17.3. The second-order valence-electron chi connectivity index (χ2n) is 6.38. The summed E-state index contributed by atoms with van der Waals surface area (Å²) in [7, 11) is 1.65. The molecule has 6 heteroatoms. The monoisotopic (exact) mass is 427 g/mol. The van der Waals surface area contributed by atoms with Crippen molar-refractivity contribution in [2.45, 2.75) is 33.1 Å². The van der Waals surface area contributed by atoms with E-state index in [1.54, 1.807) is 19.4 Å². The molecule has 0 bridgehead atoms. The van der Waals surface area contributed by atoms with Crippen LogP contribution in [0, 0.1) is 6.92 Å². The highest BCUT2D eigenvalue weighted by molar-refractivity contribution is 9.10. The van der Waals surface area contributed by atoms with Gasteiger partial charge in [-0.2, -0.15) is 9.78 Å². The Hall–Kier alpha value is -2.47. The summed E-state index contributed by atoms with van der Waals surface area (Å²) >= 11 is 3.42. The Balaban J connectivity index is 2.09. The van der Waals surface area contributed by atoms with Crippen LogP contribution in [0.15, 0.2) is 50.8 Å². The summed E-state index contributed by atoms with van der Waals surface area (Å²) in [5.41, 5.74) is 2.45. The molecule has 3 aromatic rings. The molecule has 0 atom stereocenters. The Kier molecular flexibility index (Phi) is 6.06. The third kappa shape index (κ3) is 4.27. The number of benzene rings is 2. The fourth-order valence-corrected chi connectivity index (χ4v) is 3.28. The number of hydrogen-bond donors (Lipinski definition) is 0. The average Bonchev–Trinajstić information content (AvgIpc) is 2.66. The lowest BCUT2D eigenvalue weighted by Gasteiger charge is -2.09. The highest BCUT2D eigenvalue weighted by Gasteiger charge is 2.11. The molecule has 0 fully saturated rings. The first-order valence-electron chi connectivity index (χ1n) is 8.93. The molecule has 0 spiro atoms. The van der Waals surface area contributed by atoms with Gasteiger partial charge in [-0.1, -0.05) is 29.3 Å². The van der Waals surface area contributed by atoms with E-state index in [1.807, 2.05) is 37.3 Å². The topological polar surface area (TPSA) is 56.5 Å². The van der Waals surface area contributed by atoms with Crippen molar-refractivity contribution in [1.82, 2.24) is 9.66 Å². The van der Waals surface area contributed by atoms with E-state index in [0.29, 0.717) is 23.1 Å². The molecule has 0 unspecified atom stereocenters. The normalized spacial score (nSPS) is 11.4. The highest BCUT2D eigenvalue weighted by Crippen LogP contribution is 2.18. The van der Waals surface area contributed by atoms with Gasteiger partial charge in [-0.3, -0.25) is 4.79 Å². The Morgan fingerprint density at radius 1 is 1.26 bits per heavy atom. The third-order valence-electron chi connectivity index (χ3n) is 4.37.